The maximum atomic E-state index is 12.4. The number of benzene rings is 3. The van der Waals surface area contributed by atoms with Crippen LogP contribution in [0.25, 0.3) is 11.1 Å². The van der Waals surface area contributed by atoms with Crippen molar-refractivity contribution in [3.8, 4) is 17.2 Å². The van der Waals surface area contributed by atoms with Crippen molar-refractivity contribution in [1.29, 1.82) is 5.26 Å². The highest BCUT2D eigenvalue weighted by molar-refractivity contribution is 5.94. The lowest BCUT2D eigenvalue weighted by Crippen LogP contribution is -2.22. The third-order valence-corrected chi connectivity index (χ3v) is 4.16. The van der Waals surface area contributed by atoms with Gasteiger partial charge in [-0.2, -0.15) is 5.26 Å². The minimum Gasteiger partial charge on any atom is -0.348 e. The Labute approximate surface area is 163 Å². The monoisotopic (exact) mass is 369 g/mol. The maximum Gasteiger partial charge on any atom is 0.251 e. The summed E-state index contributed by atoms with van der Waals surface area (Å²) in [6.45, 7) is 0.335. The average Bonchev–Trinajstić information content (AvgIpc) is 2.73. The molecule has 0 aliphatic carbocycles. The Morgan fingerprint density at radius 1 is 0.857 bits per heavy atom. The third-order valence-electron chi connectivity index (χ3n) is 4.16. The minimum absolute atomic E-state index is 0.168. The van der Waals surface area contributed by atoms with Crippen molar-refractivity contribution >= 4 is 17.5 Å². The van der Waals surface area contributed by atoms with Crippen LogP contribution >= 0.6 is 0 Å². The van der Waals surface area contributed by atoms with Gasteiger partial charge in [-0.3, -0.25) is 9.59 Å². The van der Waals surface area contributed by atoms with Gasteiger partial charge in [0.1, 0.15) is 6.42 Å². The summed E-state index contributed by atoms with van der Waals surface area (Å²) in [7, 11) is 0. The molecule has 0 heterocycles. The molecular weight excluding hydrogens is 350 g/mol. The van der Waals surface area contributed by atoms with Gasteiger partial charge in [0.15, 0.2) is 0 Å². The molecule has 0 fully saturated rings. The molecule has 0 aliphatic heterocycles. The van der Waals surface area contributed by atoms with Crippen LogP contribution in [-0.2, 0) is 11.3 Å². The standard InChI is InChI=1S/C23H19N3O2/c24-14-13-22(27)26-21-8-4-5-17(15-21)16-25-23(28)20-11-9-19(10-12-20)18-6-2-1-3-7-18/h1-12,15H,13,16H2,(H,25,28)(H,26,27). The van der Waals surface area contributed by atoms with Crippen LogP contribution in [0, 0.1) is 11.3 Å². The zero-order valence-corrected chi connectivity index (χ0v) is 15.2. The van der Waals surface area contributed by atoms with Crippen molar-refractivity contribution in [3.63, 3.8) is 0 Å². The van der Waals surface area contributed by atoms with Gasteiger partial charge in [0.25, 0.3) is 5.91 Å². The number of anilines is 1. The summed E-state index contributed by atoms with van der Waals surface area (Å²) in [5.41, 5.74) is 4.18. The topological polar surface area (TPSA) is 82.0 Å². The number of carbonyl (C=O) groups is 2. The molecule has 0 saturated heterocycles. The molecule has 0 radical (unpaired) electrons. The van der Waals surface area contributed by atoms with E-state index in [0.29, 0.717) is 17.8 Å². The number of nitrogens with one attached hydrogen (secondary N) is 2. The molecule has 0 atom stereocenters. The van der Waals surface area contributed by atoms with E-state index >= 15 is 0 Å². The van der Waals surface area contributed by atoms with Crippen molar-refractivity contribution < 1.29 is 9.59 Å². The van der Waals surface area contributed by atoms with Crippen LogP contribution in [-0.4, -0.2) is 11.8 Å². The highest BCUT2D eigenvalue weighted by Crippen LogP contribution is 2.19. The van der Waals surface area contributed by atoms with Gasteiger partial charge in [0, 0.05) is 17.8 Å². The zero-order valence-electron chi connectivity index (χ0n) is 15.2. The smallest absolute Gasteiger partial charge is 0.251 e. The lowest BCUT2D eigenvalue weighted by molar-refractivity contribution is -0.115. The summed E-state index contributed by atoms with van der Waals surface area (Å²) in [5, 5.41) is 14.1. The van der Waals surface area contributed by atoms with E-state index < -0.39 is 0 Å². The molecular formula is C23H19N3O2. The molecule has 0 saturated carbocycles. The first-order chi connectivity index (χ1) is 13.7. The van der Waals surface area contributed by atoms with E-state index in [-0.39, 0.29) is 18.2 Å². The molecule has 0 unspecified atom stereocenters. The number of amides is 2. The number of nitriles is 1. The van der Waals surface area contributed by atoms with Crippen molar-refractivity contribution in [1.82, 2.24) is 5.32 Å². The fourth-order valence-corrected chi connectivity index (χ4v) is 2.77. The molecule has 3 rings (SSSR count). The first-order valence-corrected chi connectivity index (χ1v) is 8.85. The van der Waals surface area contributed by atoms with Gasteiger partial charge in [0.05, 0.1) is 6.07 Å². The third kappa shape index (κ3) is 5.05. The van der Waals surface area contributed by atoms with E-state index in [1.54, 1.807) is 36.4 Å². The molecule has 3 aromatic carbocycles. The van der Waals surface area contributed by atoms with Crippen molar-refractivity contribution in [2.75, 3.05) is 5.32 Å². The molecule has 0 bridgehead atoms. The summed E-state index contributed by atoms with van der Waals surface area (Å²) in [4.78, 5) is 23.9. The summed E-state index contributed by atoms with van der Waals surface area (Å²) in [6, 6.07) is 26.4. The molecule has 0 aromatic heterocycles. The number of nitrogens with zero attached hydrogens (tertiary/aromatic N) is 1. The largest absolute Gasteiger partial charge is 0.348 e. The van der Waals surface area contributed by atoms with Gasteiger partial charge >= 0.3 is 0 Å². The van der Waals surface area contributed by atoms with Crippen LogP contribution in [0.3, 0.4) is 0 Å². The fraction of sp³-hybridized carbons (Fsp3) is 0.0870. The van der Waals surface area contributed by atoms with Crippen LogP contribution < -0.4 is 10.6 Å². The Morgan fingerprint density at radius 2 is 1.57 bits per heavy atom. The maximum absolute atomic E-state index is 12.4. The van der Waals surface area contributed by atoms with Gasteiger partial charge in [-0.1, -0.05) is 54.6 Å². The molecule has 2 amide bonds. The number of hydrogen-bond donors (Lipinski definition) is 2. The Balaban J connectivity index is 1.60. The van der Waals surface area contributed by atoms with E-state index in [2.05, 4.69) is 10.6 Å². The first-order valence-electron chi connectivity index (χ1n) is 8.85. The van der Waals surface area contributed by atoms with E-state index in [0.717, 1.165) is 16.7 Å². The van der Waals surface area contributed by atoms with Crippen LogP contribution in [0.5, 0.6) is 0 Å². The molecule has 2 N–H and O–H groups in total. The second kappa shape index (κ2) is 9.15. The van der Waals surface area contributed by atoms with Gasteiger partial charge < -0.3 is 10.6 Å². The molecule has 28 heavy (non-hydrogen) atoms. The van der Waals surface area contributed by atoms with Gasteiger partial charge in [-0.05, 0) is 41.0 Å². The molecule has 0 spiro atoms. The Hall–Kier alpha value is -3.91. The summed E-state index contributed by atoms with van der Waals surface area (Å²) < 4.78 is 0. The van der Waals surface area contributed by atoms with Crippen LogP contribution in [0.2, 0.25) is 0 Å². The second-order valence-electron chi connectivity index (χ2n) is 6.21. The number of hydrogen-bond acceptors (Lipinski definition) is 3. The zero-order chi connectivity index (χ0) is 19.8. The SMILES string of the molecule is N#CCC(=O)Nc1cccc(CNC(=O)c2ccc(-c3ccccc3)cc2)c1. The number of carbonyl (C=O) groups excluding carboxylic acids is 2. The fourth-order valence-electron chi connectivity index (χ4n) is 2.77. The first kappa shape index (κ1) is 18.9. The van der Waals surface area contributed by atoms with Gasteiger partial charge in [-0.15, -0.1) is 0 Å². The van der Waals surface area contributed by atoms with Crippen LogP contribution in [0.1, 0.15) is 22.3 Å². The Bertz CT molecular complexity index is 1010. The second-order valence-corrected chi connectivity index (χ2v) is 6.21. The lowest BCUT2D eigenvalue weighted by Gasteiger charge is -2.09. The highest BCUT2D eigenvalue weighted by Gasteiger charge is 2.07. The highest BCUT2D eigenvalue weighted by atomic mass is 16.2. The molecule has 5 nitrogen and oxygen atoms in total. The van der Waals surface area contributed by atoms with Gasteiger partial charge in [0.2, 0.25) is 5.91 Å². The normalized spacial score (nSPS) is 9.96. The number of rotatable bonds is 6. The van der Waals surface area contributed by atoms with Gasteiger partial charge in [-0.25, -0.2) is 0 Å². The summed E-state index contributed by atoms with van der Waals surface area (Å²) in [6.07, 6.45) is -0.195. The van der Waals surface area contributed by atoms with Crippen molar-refractivity contribution in [2.24, 2.45) is 0 Å². The predicted molar refractivity (Wildman–Crippen MR) is 108 cm³/mol. The van der Waals surface area contributed by atoms with E-state index in [1.165, 1.54) is 0 Å². The van der Waals surface area contributed by atoms with Crippen LogP contribution in [0.4, 0.5) is 5.69 Å². The molecule has 3 aromatic rings. The summed E-state index contributed by atoms with van der Waals surface area (Å²) in [5.74, 6) is -0.527. The van der Waals surface area contributed by atoms with E-state index in [9.17, 15) is 9.59 Å². The van der Waals surface area contributed by atoms with Crippen molar-refractivity contribution in [3.05, 3.63) is 90.0 Å². The molecule has 5 heteroatoms. The van der Waals surface area contributed by atoms with E-state index in [4.69, 9.17) is 5.26 Å². The molecule has 138 valence electrons. The average molecular weight is 369 g/mol. The lowest BCUT2D eigenvalue weighted by atomic mass is 10.0. The van der Waals surface area contributed by atoms with E-state index in [1.807, 2.05) is 48.5 Å². The van der Waals surface area contributed by atoms with Crippen molar-refractivity contribution in [2.45, 2.75) is 13.0 Å². The Kier molecular flexibility index (Phi) is 6.17. The minimum atomic E-state index is -0.359. The summed E-state index contributed by atoms with van der Waals surface area (Å²) >= 11 is 0. The van der Waals surface area contributed by atoms with Crippen LogP contribution in [0.15, 0.2) is 78.9 Å². The predicted octanol–water partition coefficient (Wildman–Crippen LogP) is 4.14. The quantitative estimate of drug-likeness (QED) is 0.685. The molecule has 0 aliphatic rings. The Morgan fingerprint density at radius 3 is 2.29 bits per heavy atom.